The van der Waals surface area contributed by atoms with Crippen molar-refractivity contribution in [2.45, 2.75) is 76.4 Å². The van der Waals surface area contributed by atoms with Gasteiger partial charge in [0.15, 0.2) is 5.13 Å². The highest BCUT2D eigenvalue weighted by Gasteiger charge is 2.40. The first-order valence-electron chi connectivity index (χ1n) is 11.6. The maximum atomic E-state index is 14.9. The zero-order valence-electron chi connectivity index (χ0n) is 19.6. The monoisotopic (exact) mass is 459 g/mol. The number of carbonyl (C=O) groups is 1. The Morgan fingerprint density at radius 1 is 1.25 bits per heavy atom. The van der Waals surface area contributed by atoms with Gasteiger partial charge in [0.25, 0.3) is 0 Å². The molecule has 1 saturated carbocycles. The molecule has 0 radical (unpaired) electrons. The van der Waals surface area contributed by atoms with E-state index >= 15 is 0 Å². The van der Waals surface area contributed by atoms with Crippen LogP contribution in [0.1, 0.15) is 70.6 Å². The quantitative estimate of drug-likeness (QED) is 0.564. The lowest BCUT2D eigenvalue weighted by Gasteiger charge is -2.36. The normalized spacial score (nSPS) is 20.9. The maximum Gasteiger partial charge on any atom is 0.410 e. The lowest BCUT2D eigenvalue weighted by atomic mass is 9.67. The van der Waals surface area contributed by atoms with Gasteiger partial charge in [0.2, 0.25) is 0 Å². The molecule has 0 bridgehead atoms. The average molecular weight is 460 g/mol. The van der Waals surface area contributed by atoms with Gasteiger partial charge in [-0.3, -0.25) is 0 Å². The standard InChI is InChI=1S/C25H34FN3O2S/c1-24(2,3)31-23(30)28(4)18-12-15-29(16-18)22-27-21(17-32-22)25(13-8-5-9-14-25)19-10-6-7-11-20(19)26/h6-7,10-11,17-18H,5,8-9,12-16H2,1-4H3. The minimum atomic E-state index is -0.505. The van der Waals surface area contributed by atoms with Crippen LogP contribution >= 0.6 is 11.3 Å². The van der Waals surface area contributed by atoms with Crippen LogP contribution in [0.15, 0.2) is 29.6 Å². The molecule has 1 unspecified atom stereocenters. The van der Waals surface area contributed by atoms with Crippen LogP contribution in [0.5, 0.6) is 0 Å². The first-order chi connectivity index (χ1) is 15.2. The van der Waals surface area contributed by atoms with Gasteiger partial charge >= 0.3 is 6.09 Å². The Bertz CT molecular complexity index is 949. The van der Waals surface area contributed by atoms with Crippen LogP contribution in [0.2, 0.25) is 0 Å². The number of nitrogens with zero attached hydrogens (tertiary/aromatic N) is 3. The van der Waals surface area contributed by atoms with Crippen molar-refractivity contribution in [2.24, 2.45) is 0 Å². The lowest BCUT2D eigenvalue weighted by Crippen LogP contribution is -2.42. The van der Waals surface area contributed by atoms with Gasteiger partial charge in [-0.15, -0.1) is 11.3 Å². The Kier molecular flexibility index (Phi) is 6.48. The Labute approximate surface area is 194 Å². The van der Waals surface area contributed by atoms with Crippen LogP contribution < -0.4 is 4.90 Å². The molecule has 2 fully saturated rings. The van der Waals surface area contributed by atoms with E-state index in [1.165, 1.54) is 6.42 Å². The van der Waals surface area contributed by atoms with E-state index in [2.05, 4.69) is 10.3 Å². The Hall–Kier alpha value is -2.15. The van der Waals surface area contributed by atoms with Gasteiger partial charge < -0.3 is 14.5 Å². The van der Waals surface area contributed by atoms with Gasteiger partial charge in [-0.2, -0.15) is 0 Å². The molecular formula is C25H34FN3O2S. The number of halogens is 1. The number of anilines is 1. The number of likely N-dealkylation sites (N-methyl/N-ethyl adjacent to an activating group) is 1. The van der Waals surface area contributed by atoms with Crippen molar-refractivity contribution in [3.8, 4) is 0 Å². The minimum Gasteiger partial charge on any atom is -0.444 e. The van der Waals surface area contributed by atoms with Crippen LogP contribution in [0, 0.1) is 5.82 Å². The van der Waals surface area contributed by atoms with E-state index in [4.69, 9.17) is 9.72 Å². The van der Waals surface area contributed by atoms with Crippen LogP contribution in [0.25, 0.3) is 0 Å². The summed E-state index contributed by atoms with van der Waals surface area (Å²) in [4.78, 5) is 21.5. The number of benzene rings is 1. The first-order valence-corrected chi connectivity index (χ1v) is 12.5. The highest BCUT2D eigenvalue weighted by atomic mass is 32.1. The molecule has 1 aromatic heterocycles. The van der Waals surface area contributed by atoms with Gasteiger partial charge in [-0.25, -0.2) is 14.2 Å². The fourth-order valence-corrected chi connectivity index (χ4v) is 5.97. The van der Waals surface area contributed by atoms with Crippen molar-refractivity contribution >= 4 is 22.6 Å². The van der Waals surface area contributed by atoms with Gasteiger partial charge in [-0.1, -0.05) is 37.5 Å². The van der Waals surface area contributed by atoms with Crippen molar-refractivity contribution in [3.05, 3.63) is 46.7 Å². The van der Waals surface area contributed by atoms with E-state index in [9.17, 15) is 9.18 Å². The van der Waals surface area contributed by atoms with Crippen molar-refractivity contribution in [2.75, 3.05) is 25.0 Å². The molecule has 1 aliphatic carbocycles. The molecular weight excluding hydrogens is 425 g/mol. The zero-order valence-corrected chi connectivity index (χ0v) is 20.4. The van der Waals surface area contributed by atoms with Crippen LogP contribution in [0.3, 0.4) is 0 Å². The number of aromatic nitrogens is 1. The van der Waals surface area contributed by atoms with Crippen molar-refractivity contribution < 1.29 is 13.9 Å². The molecule has 2 aliphatic rings. The summed E-state index contributed by atoms with van der Waals surface area (Å²) in [6, 6.07) is 7.28. The molecule has 174 valence electrons. The highest BCUT2D eigenvalue weighted by molar-refractivity contribution is 7.13. The molecule has 7 heteroatoms. The Morgan fingerprint density at radius 3 is 2.66 bits per heavy atom. The third-order valence-electron chi connectivity index (χ3n) is 6.74. The van der Waals surface area contributed by atoms with E-state index in [-0.39, 0.29) is 23.4 Å². The smallest absolute Gasteiger partial charge is 0.410 e. The number of hydrogen-bond acceptors (Lipinski definition) is 5. The molecule has 0 spiro atoms. The van der Waals surface area contributed by atoms with E-state index in [1.54, 1.807) is 28.4 Å². The molecule has 2 heterocycles. The lowest BCUT2D eigenvalue weighted by molar-refractivity contribution is 0.0238. The summed E-state index contributed by atoms with van der Waals surface area (Å²) >= 11 is 1.63. The predicted molar refractivity (Wildman–Crippen MR) is 127 cm³/mol. The molecule has 1 aliphatic heterocycles. The summed E-state index contributed by atoms with van der Waals surface area (Å²) < 4.78 is 20.4. The number of carbonyl (C=O) groups excluding carboxylic acids is 1. The van der Waals surface area contributed by atoms with Gasteiger partial charge in [0.05, 0.1) is 11.7 Å². The topological polar surface area (TPSA) is 45.7 Å². The minimum absolute atomic E-state index is 0.0902. The molecule has 5 nitrogen and oxygen atoms in total. The second-order valence-corrected chi connectivity index (χ2v) is 11.0. The van der Waals surface area contributed by atoms with Gasteiger partial charge in [0.1, 0.15) is 11.4 Å². The second-order valence-electron chi connectivity index (χ2n) is 10.1. The maximum absolute atomic E-state index is 14.9. The van der Waals surface area contributed by atoms with E-state index < -0.39 is 5.60 Å². The predicted octanol–water partition coefficient (Wildman–Crippen LogP) is 5.98. The highest BCUT2D eigenvalue weighted by Crippen LogP contribution is 2.46. The van der Waals surface area contributed by atoms with Gasteiger partial charge in [-0.05, 0) is 51.7 Å². The van der Waals surface area contributed by atoms with Crippen LogP contribution in [0.4, 0.5) is 14.3 Å². The van der Waals surface area contributed by atoms with Crippen molar-refractivity contribution in [3.63, 3.8) is 0 Å². The summed E-state index contributed by atoms with van der Waals surface area (Å²) in [6.07, 6.45) is 5.83. The fraction of sp³-hybridized carbons (Fsp3) is 0.600. The Morgan fingerprint density at radius 2 is 1.97 bits per heavy atom. The second kappa shape index (κ2) is 9.00. The SMILES string of the molecule is CN(C(=O)OC(C)(C)C)C1CCN(c2nc(C3(c4ccccc4F)CCCCC3)cs2)C1. The molecule has 0 N–H and O–H groups in total. The summed E-state index contributed by atoms with van der Waals surface area (Å²) in [7, 11) is 1.81. The fourth-order valence-electron chi connectivity index (χ4n) is 5.01. The molecule has 4 rings (SSSR count). The summed E-state index contributed by atoms with van der Waals surface area (Å²) in [5.41, 5.74) is 0.923. The third-order valence-corrected chi connectivity index (χ3v) is 7.64. The number of ether oxygens (including phenoxy) is 1. The number of amides is 1. The molecule has 1 aromatic carbocycles. The zero-order chi connectivity index (χ0) is 22.9. The van der Waals surface area contributed by atoms with Crippen LogP contribution in [-0.2, 0) is 10.2 Å². The number of thiazole rings is 1. The molecule has 1 atom stereocenters. The summed E-state index contributed by atoms with van der Waals surface area (Å²) in [6.45, 7) is 7.22. The number of hydrogen-bond donors (Lipinski definition) is 0. The van der Waals surface area contributed by atoms with Crippen molar-refractivity contribution in [1.82, 2.24) is 9.88 Å². The van der Waals surface area contributed by atoms with E-state index in [0.717, 1.165) is 61.6 Å². The molecule has 2 aromatic rings. The van der Waals surface area contributed by atoms with E-state index in [0.29, 0.717) is 0 Å². The first kappa shape index (κ1) is 23.0. The van der Waals surface area contributed by atoms with Crippen molar-refractivity contribution in [1.29, 1.82) is 0 Å². The molecule has 1 amide bonds. The Balaban J connectivity index is 1.52. The third kappa shape index (κ3) is 4.63. The summed E-state index contributed by atoms with van der Waals surface area (Å²) in [5, 5.41) is 3.08. The number of rotatable bonds is 4. The van der Waals surface area contributed by atoms with Crippen LogP contribution in [-0.4, -0.2) is 47.8 Å². The van der Waals surface area contributed by atoms with E-state index in [1.807, 2.05) is 40.0 Å². The average Bonchev–Trinajstić information content (AvgIpc) is 3.43. The largest absolute Gasteiger partial charge is 0.444 e. The summed E-state index contributed by atoms with van der Waals surface area (Å²) in [5.74, 6) is -0.135. The molecule has 1 saturated heterocycles. The molecule has 32 heavy (non-hydrogen) atoms. The van der Waals surface area contributed by atoms with Gasteiger partial charge in [0, 0.05) is 30.9 Å².